The normalized spacial score (nSPS) is 20.5. The van der Waals surface area contributed by atoms with Gasteiger partial charge in [0, 0.05) is 25.8 Å². The molecule has 3 nitrogen and oxygen atoms in total. The van der Waals surface area contributed by atoms with Crippen molar-refractivity contribution < 1.29 is 18.3 Å². The first-order valence-corrected chi connectivity index (χ1v) is 5.51. The lowest BCUT2D eigenvalue weighted by Gasteiger charge is -2.24. The van der Waals surface area contributed by atoms with Crippen molar-refractivity contribution in [2.24, 2.45) is 0 Å². The fraction of sp³-hybridized carbons (Fsp3) is 0.500. The van der Waals surface area contributed by atoms with Crippen molar-refractivity contribution in [3.63, 3.8) is 0 Å². The Bertz CT molecular complexity index is 392. The van der Waals surface area contributed by atoms with Crippen molar-refractivity contribution in [3.8, 4) is 0 Å². The van der Waals surface area contributed by atoms with Gasteiger partial charge in [-0.15, -0.1) is 0 Å². The molecule has 0 bridgehead atoms. The van der Waals surface area contributed by atoms with Crippen molar-refractivity contribution >= 4 is 0 Å². The maximum Gasteiger partial charge on any atom is 0.164 e. The molecule has 94 valence electrons. The third-order valence-electron chi connectivity index (χ3n) is 2.70. The van der Waals surface area contributed by atoms with E-state index >= 15 is 0 Å². The van der Waals surface area contributed by atoms with E-state index in [9.17, 15) is 8.78 Å². The first-order valence-electron chi connectivity index (χ1n) is 5.51. The summed E-state index contributed by atoms with van der Waals surface area (Å²) in [6.07, 6.45) is -0.435. The Kier molecular flexibility index (Phi) is 4.04. The number of rotatable bonds is 3. The van der Waals surface area contributed by atoms with Crippen LogP contribution in [0.4, 0.5) is 8.78 Å². The summed E-state index contributed by atoms with van der Waals surface area (Å²) in [5.74, 6) is -1.69. The maximum absolute atomic E-state index is 13.7. The van der Waals surface area contributed by atoms with Crippen LogP contribution in [0.3, 0.4) is 0 Å². The molecule has 17 heavy (non-hydrogen) atoms. The maximum atomic E-state index is 13.7. The molecule has 0 aromatic heterocycles. The minimum atomic E-state index is -0.858. The van der Waals surface area contributed by atoms with Gasteiger partial charge in [0.25, 0.3) is 0 Å². The summed E-state index contributed by atoms with van der Waals surface area (Å²) in [4.78, 5) is 0. The fourth-order valence-electron chi connectivity index (χ4n) is 1.92. The monoisotopic (exact) mass is 243 g/mol. The van der Waals surface area contributed by atoms with Crippen LogP contribution in [-0.2, 0) is 16.1 Å². The highest BCUT2D eigenvalue weighted by Gasteiger charge is 2.22. The van der Waals surface area contributed by atoms with Gasteiger partial charge >= 0.3 is 0 Å². The molecule has 1 saturated heterocycles. The predicted molar refractivity (Wildman–Crippen MR) is 58.6 cm³/mol. The van der Waals surface area contributed by atoms with Gasteiger partial charge in [0.05, 0.1) is 19.3 Å². The second kappa shape index (κ2) is 5.53. The summed E-state index contributed by atoms with van der Waals surface area (Å²) in [7, 11) is 1.51. The second-order valence-corrected chi connectivity index (χ2v) is 3.98. The Morgan fingerprint density at radius 3 is 2.94 bits per heavy atom. The second-order valence-electron chi connectivity index (χ2n) is 3.98. The molecule has 0 amide bonds. The third-order valence-corrected chi connectivity index (χ3v) is 2.70. The van der Waals surface area contributed by atoms with Gasteiger partial charge in [0.2, 0.25) is 0 Å². The predicted octanol–water partition coefficient (Wildman–Crippen LogP) is 1.77. The molecule has 0 spiro atoms. The number of halogens is 2. The highest BCUT2D eigenvalue weighted by atomic mass is 19.2. The van der Waals surface area contributed by atoms with Crippen molar-refractivity contribution in [3.05, 3.63) is 34.9 Å². The van der Waals surface area contributed by atoms with Gasteiger partial charge in [-0.25, -0.2) is 8.78 Å². The quantitative estimate of drug-likeness (QED) is 0.877. The Labute approximate surface area is 98.7 Å². The van der Waals surface area contributed by atoms with E-state index in [1.165, 1.54) is 7.11 Å². The fourth-order valence-corrected chi connectivity index (χ4v) is 1.92. The van der Waals surface area contributed by atoms with E-state index in [0.717, 1.165) is 12.6 Å². The smallest absolute Gasteiger partial charge is 0.164 e. The first kappa shape index (κ1) is 12.4. The standard InChI is InChI=1S/C12H15F2NO2/c1-16-7-8-4-9(12(14)10(13)5-8)11-6-15-2-3-17-11/h4-5,11,15H,2-3,6-7H2,1H3. The zero-order chi connectivity index (χ0) is 12.3. The lowest BCUT2D eigenvalue weighted by molar-refractivity contribution is 0.0250. The van der Waals surface area contributed by atoms with Crippen LogP contribution >= 0.6 is 0 Å². The third kappa shape index (κ3) is 2.80. The van der Waals surface area contributed by atoms with E-state index < -0.39 is 17.7 Å². The molecule has 1 aromatic carbocycles. The van der Waals surface area contributed by atoms with E-state index in [2.05, 4.69) is 5.32 Å². The van der Waals surface area contributed by atoms with Crippen LogP contribution in [0.2, 0.25) is 0 Å². The van der Waals surface area contributed by atoms with Gasteiger partial charge in [0.1, 0.15) is 0 Å². The zero-order valence-corrected chi connectivity index (χ0v) is 9.63. The van der Waals surface area contributed by atoms with Crippen LogP contribution in [0.25, 0.3) is 0 Å². The van der Waals surface area contributed by atoms with E-state index in [1.807, 2.05) is 0 Å². The number of benzene rings is 1. The van der Waals surface area contributed by atoms with Crippen LogP contribution in [0.5, 0.6) is 0 Å². The molecule has 1 fully saturated rings. The van der Waals surface area contributed by atoms with Gasteiger partial charge in [0.15, 0.2) is 11.6 Å². The lowest BCUT2D eigenvalue weighted by Crippen LogP contribution is -2.34. The number of nitrogens with one attached hydrogen (secondary N) is 1. The van der Waals surface area contributed by atoms with E-state index in [-0.39, 0.29) is 12.2 Å². The number of hydrogen-bond acceptors (Lipinski definition) is 3. The Hall–Kier alpha value is -1.04. The largest absolute Gasteiger partial charge is 0.380 e. The highest BCUT2D eigenvalue weighted by molar-refractivity contribution is 5.28. The number of hydrogen-bond donors (Lipinski definition) is 1. The van der Waals surface area contributed by atoms with Crippen molar-refractivity contribution in [1.82, 2.24) is 5.32 Å². The molecule has 1 aliphatic rings. The minimum Gasteiger partial charge on any atom is -0.380 e. The number of morpholine rings is 1. The molecule has 1 heterocycles. The summed E-state index contributed by atoms with van der Waals surface area (Å²) in [5, 5.41) is 3.09. The average Bonchev–Trinajstić information content (AvgIpc) is 2.35. The minimum absolute atomic E-state index is 0.254. The summed E-state index contributed by atoms with van der Waals surface area (Å²) >= 11 is 0. The molecule has 0 radical (unpaired) electrons. The van der Waals surface area contributed by atoms with E-state index in [4.69, 9.17) is 9.47 Å². The van der Waals surface area contributed by atoms with Gasteiger partial charge in [-0.2, -0.15) is 0 Å². The molecule has 5 heteroatoms. The Morgan fingerprint density at radius 1 is 1.47 bits per heavy atom. The summed E-state index contributed by atoms with van der Waals surface area (Å²) in [6.45, 7) is 1.98. The molecule has 1 aliphatic heterocycles. The summed E-state index contributed by atoms with van der Waals surface area (Å²) < 4.78 is 37.4. The summed E-state index contributed by atoms with van der Waals surface area (Å²) in [5.41, 5.74) is 0.861. The topological polar surface area (TPSA) is 30.5 Å². The van der Waals surface area contributed by atoms with Crippen molar-refractivity contribution in [1.29, 1.82) is 0 Å². The molecule has 1 unspecified atom stereocenters. The van der Waals surface area contributed by atoms with E-state index in [0.29, 0.717) is 18.7 Å². The molecule has 1 atom stereocenters. The van der Waals surface area contributed by atoms with Crippen LogP contribution < -0.4 is 5.32 Å². The van der Waals surface area contributed by atoms with E-state index in [1.54, 1.807) is 6.07 Å². The summed E-state index contributed by atoms with van der Waals surface area (Å²) in [6, 6.07) is 2.75. The molecular formula is C12H15F2NO2. The van der Waals surface area contributed by atoms with Gasteiger partial charge < -0.3 is 14.8 Å². The molecule has 0 aliphatic carbocycles. The lowest BCUT2D eigenvalue weighted by atomic mass is 10.0. The SMILES string of the molecule is COCc1cc(F)c(F)c(C2CNCCO2)c1. The van der Waals surface area contributed by atoms with Crippen LogP contribution in [0.1, 0.15) is 17.2 Å². The average molecular weight is 243 g/mol. The molecular weight excluding hydrogens is 228 g/mol. The van der Waals surface area contributed by atoms with Crippen LogP contribution in [0, 0.1) is 11.6 Å². The molecule has 2 rings (SSSR count). The van der Waals surface area contributed by atoms with Gasteiger partial charge in [-0.05, 0) is 17.7 Å². The van der Waals surface area contributed by atoms with Crippen LogP contribution in [-0.4, -0.2) is 26.8 Å². The highest BCUT2D eigenvalue weighted by Crippen LogP contribution is 2.25. The zero-order valence-electron chi connectivity index (χ0n) is 9.63. The number of ether oxygens (including phenoxy) is 2. The van der Waals surface area contributed by atoms with Crippen LogP contribution in [0.15, 0.2) is 12.1 Å². The molecule has 0 saturated carbocycles. The Balaban J connectivity index is 2.29. The molecule has 1 N–H and O–H groups in total. The first-order chi connectivity index (χ1) is 8.22. The van der Waals surface area contributed by atoms with Crippen molar-refractivity contribution in [2.75, 3.05) is 26.8 Å². The van der Waals surface area contributed by atoms with Crippen molar-refractivity contribution in [2.45, 2.75) is 12.7 Å². The van der Waals surface area contributed by atoms with Gasteiger partial charge in [-0.1, -0.05) is 0 Å². The molecule has 1 aromatic rings. The number of methoxy groups -OCH3 is 1. The van der Waals surface area contributed by atoms with Gasteiger partial charge in [-0.3, -0.25) is 0 Å². The Morgan fingerprint density at radius 2 is 2.29 bits per heavy atom.